The number of para-hydroxylation sites is 1. The molecule has 0 radical (unpaired) electrons. The molecule has 0 bridgehead atoms. The van der Waals surface area contributed by atoms with Crippen LogP contribution in [-0.4, -0.2) is 36.1 Å². The molecule has 0 saturated heterocycles. The van der Waals surface area contributed by atoms with Crippen molar-refractivity contribution in [3.63, 3.8) is 0 Å². The smallest absolute Gasteiger partial charge is 0.168 e. The maximum Gasteiger partial charge on any atom is 0.168 e. The second-order valence-corrected chi connectivity index (χ2v) is 4.08. The predicted molar refractivity (Wildman–Crippen MR) is 72.3 cm³/mol. The third-order valence-electron chi connectivity index (χ3n) is 2.41. The number of ether oxygens (including phenoxy) is 2. The van der Waals surface area contributed by atoms with Crippen LogP contribution in [0.1, 0.15) is 0 Å². The third-order valence-corrected chi connectivity index (χ3v) is 2.94. The summed E-state index contributed by atoms with van der Waals surface area (Å²) < 4.78 is 19.2. The van der Waals surface area contributed by atoms with Crippen LogP contribution < -0.4 is 10.1 Å². The number of benzene rings is 1. The van der Waals surface area contributed by atoms with Crippen LogP contribution in [0.3, 0.4) is 0 Å². The molecule has 1 aromatic carbocycles. The number of aromatic nitrogens is 2. The zero-order chi connectivity index (χ0) is 12.8. The van der Waals surface area contributed by atoms with Crippen LogP contribution in [0.4, 0.5) is 5.82 Å². The van der Waals surface area contributed by atoms with Crippen molar-refractivity contribution in [2.24, 2.45) is 0 Å². The van der Waals surface area contributed by atoms with E-state index in [9.17, 15) is 0 Å². The number of nitrogens with one attached hydrogen (secondary N) is 1. The Balaban J connectivity index is 2.27. The van der Waals surface area contributed by atoms with Crippen molar-refractivity contribution in [2.75, 3.05) is 32.7 Å². The lowest BCUT2D eigenvalue weighted by molar-refractivity contribution is 0.146. The lowest BCUT2D eigenvalue weighted by atomic mass is 10.1. The third kappa shape index (κ3) is 2.77. The fourth-order valence-corrected chi connectivity index (χ4v) is 2.12. The summed E-state index contributed by atoms with van der Waals surface area (Å²) in [5.41, 5.74) is 1.75. The number of nitrogens with zero attached hydrogens (tertiary/aromatic N) is 2. The zero-order valence-electron chi connectivity index (χ0n) is 10.3. The molecule has 6 heteroatoms. The molecule has 0 aliphatic heterocycles. The van der Waals surface area contributed by atoms with Crippen molar-refractivity contribution in [3.8, 4) is 17.0 Å². The van der Waals surface area contributed by atoms with E-state index in [2.05, 4.69) is 14.1 Å². The summed E-state index contributed by atoms with van der Waals surface area (Å²) in [7, 11) is 3.48. The standard InChI is InChI=1S/C12H15N3O2S/c1-13-12-11(14-18-15-12)9-5-3-4-6-10(9)17-8-7-16-2/h3-6H,7-8H2,1-2H3,(H,13,15). The highest BCUT2D eigenvalue weighted by Gasteiger charge is 2.13. The molecule has 2 rings (SSSR count). The minimum absolute atomic E-state index is 0.514. The van der Waals surface area contributed by atoms with Crippen molar-refractivity contribution in [3.05, 3.63) is 24.3 Å². The quantitative estimate of drug-likeness (QED) is 0.812. The van der Waals surface area contributed by atoms with Crippen molar-refractivity contribution in [1.29, 1.82) is 0 Å². The number of methoxy groups -OCH3 is 1. The summed E-state index contributed by atoms with van der Waals surface area (Å²) in [6, 6.07) is 7.78. The Morgan fingerprint density at radius 3 is 2.83 bits per heavy atom. The van der Waals surface area contributed by atoms with Gasteiger partial charge in [-0.3, -0.25) is 0 Å². The molecule has 5 nitrogen and oxygen atoms in total. The fourth-order valence-electron chi connectivity index (χ4n) is 1.55. The largest absolute Gasteiger partial charge is 0.490 e. The Kier molecular flexibility index (Phi) is 4.49. The van der Waals surface area contributed by atoms with Crippen molar-refractivity contribution in [1.82, 2.24) is 8.75 Å². The molecule has 0 fully saturated rings. The first-order valence-corrected chi connectivity index (χ1v) is 6.31. The normalized spacial score (nSPS) is 10.3. The van der Waals surface area contributed by atoms with Crippen LogP contribution in [0, 0.1) is 0 Å². The molecular formula is C12H15N3O2S. The van der Waals surface area contributed by atoms with Crippen LogP contribution in [0.2, 0.25) is 0 Å². The molecule has 0 unspecified atom stereocenters. The van der Waals surface area contributed by atoms with E-state index < -0.39 is 0 Å². The Morgan fingerprint density at radius 1 is 1.22 bits per heavy atom. The van der Waals surface area contributed by atoms with E-state index in [-0.39, 0.29) is 0 Å². The maximum atomic E-state index is 5.68. The van der Waals surface area contributed by atoms with Gasteiger partial charge in [0, 0.05) is 19.7 Å². The molecule has 0 spiro atoms. The summed E-state index contributed by atoms with van der Waals surface area (Å²) in [4.78, 5) is 0. The average molecular weight is 265 g/mol. The van der Waals surface area contributed by atoms with Gasteiger partial charge in [0.25, 0.3) is 0 Å². The van der Waals surface area contributed by atoms with E-state index >= 15 is 0 Å². The Bertz CT molecular complexity index is 502. The van der Waals surface area contributed by atoms with Crippen LogP contribution in [0.15, 0.2) is 24.3 Å². The number of hydrogen-bond acceptors (Lipinski definition) is 6. The monoisotopic (exact) mass is 265 g/mol. The van der Waals surface area contributed by atoms with Crippen LogP contribution in [-0.2, 0) is 4.74 Å². The molecule has 0 atom stereocenters. The topological polar surface area (TPSA) is 56.3 Å². The molecule has 18 heavy (non-hydrogen) atoms. The summed E-state index contributed by atoms with van der Waals surface area (Å²) in [5.74, 6) is 1.56. The molecule has 0 saturated carbocycles. The summed E-state index contributed by atoms with van der Waals surface area (Å²) >= 11 is 1.18. The van der Waals surface area contributed by atoms with Gasteiger partial charge in [0.2, 0.25) is 0 Å². The van der Waals surface area contributed by atoms with Gasteiger partial charge in [-0.05, 0) is 12.1 Å². The second kappa shape index (κ2) is 6.32. The van der Waals surface area contributed by atoms with Gasteiger partial charge in [0.15, 0.2) is 5.82 Å². The summed E-state index contributed by atoms with van der Waals surface area (Å²) in [6.07, 6.45) is 0. The summed E-state index contributed by atoms with van der Waals surface area (Å²) in [5, 5.41) is 3.03. The number of hydrogen-bond donors (Lipinski definition) is 1. The van der Waals surface area contributed by atoms with Gasteiger partial charge in [-0.25, -0.2) is 0 Å². The summed E-state index contributed by atoms with van der Waals surface area (Å²) in [6.45, 7) is 1.07. The van der Waals surface area contributed by atoms with E-state index in [1.165, 1.54) is 11.7 Å². The van der Waals surface area contributed by atoms with Gasteiger partial charge in [0.05, 0.1) is 18.3 Å². The highest BCUT2D eigenvalue weighted by Crippen LogP contribution is 2.33. The van der Waals surface area contributed by atoms with E-state index in [4.69, 9.17) is 9.47 Å². The van der Waals surface area contributed by atoms with Crippen LogP contribution >= 0.6 is 11.7 Å². The Morgan fingerprint density at radius 2 is 2.06 bits per heavy atom. The molecule has 96 valence electrons. The van der Waals surface area contributed by atoms with E-state index in [0.717, 1.165) is 22.8 Å². The van der Waals surface area contributed by atoms with Crippen molar-refractivity contribution >= 4 is 17.5 Å². The molecule has 1 N–H and O–H groups in total. The first-order chi connectivity index (χ1) is 8.86. The lowest BCUT2D eigenvalue weighted by Crippen LogP contribution is -2.05. The minimum atomic E-state index is 0.514. The first-order valence-electron chi connectivity index (χ1n) is 5.58. The van der Waals surface area contributed by atoms with Gasteiger partial charge < -0.3 is 14.8 Å². The SMILES string of the molecule is CNc1nsnc1-c1ccccc1OCCOC. The minimum Gasteiger partial charge on any atom is -0.490 e. The van der Waals surface area contributed by atoms with Crippen LogP contribution in [0.5, 0.6) is 5.75 Å². The number of anilines is 1. The molecule has 2 aromatic rings. The van der Waals surface area contributed by atoms with Gasteiger partial charge >= 0.3 is 0 Å². The fraction of sp³-hybridized carbons (Fsp3) is 0.333. The van der Waals surface area contributed by atoms with E-state index in [1.54, 1.807) is 7.11 Å². The van der Waals surface area contributed by atoms with Crippen molar-refractivity contribution < 1.29 is 9.47 Å². The van der Waals surface area contributed by atoms with Crippen LogP contribution in [0.25, 0.3) is 11.3 Å². The second-order valence-electron chi connectivity index (χ2n) is 3.55. The molecule has 0 aliphatic rings. The van der Waals surface area contributed by atoms with Crippen molar-refractivity contribution in [2.45, 2.75) is 0 Å². The van der Waals surface area contributed by atoms with Gasteiger partial charge in [-0.1, -0.05) is 12.1 Å². The first kappa shape index (κ1) is 12.8. The average Bonchev–Trinajstić information content (AvgIpc) is 2.88. The Hall–Kier alpha value is -1.66. The van der Waals surface area contributed by atoms with E-state index in [1.807, 2.05) is 31.3 Å². The zero-order valence-corrected chi connectivity index (χ0v) is 11.2. The molecule has 0 aliphatic carbocycles. The highest BCUT2D eigenvalue weighted by atomic mass is 32.1. The maximum absolute atomic E-state index is 5.68. The highest BCUT2D eigenvalue weighted by molar-refractivity contribution is 6.99. The molecule has 1 aromatic heterocycles. The lowest BCUT2D eigenvalue weighted by Gasteiger charge is -2.10. The molecule has 0 amide bonds. The van der Waals surface area contributed by atoms with Gasteiger partial charge in [0.1, 0.15) is 18.1 Å². The molecule has 1 heterocycles. The Labute approximate surface area is 110 Å². The van der Waals surface area contributed by atoms with Gasteiger partial charge in [-0.2, -0.15) is 8.75 Å². The predicted octanol–water partition coefficient (Wildman–Crippen LogP) is 2.27. The van der Waals surface area contributed by atoms with E-state index in [0.29, 0.717) is 13.2 Å². The number of rotatable bonds is 6. The van der Waals surface area contributed by atoms with Gasteiger partial charge in [-0.15, -0.1) is 0 Å². The molecular weight excluding hydrogens is 250 g/mol.